The molecule has 11 heteroatoms. The molecular weight excluding hydrogens is 439 g/mol. The van der Waals surface area contributed by atoms with Crippen LogP contribution in [0.2, 0.25) is 0 Å². The first-order valence-corrected chi connectivity index (χ1v) is 10.9. The smallest absolute Gasteiger partial charge is 0.475 e. The van der Waals surface area contributed by atoms with Crippen LogP contribution in [0.25, 0.3) is 0 Å². The molecule has 33 heavy (non-hydrogen) atoms. The normalized spacial score (nSPS) is 29.8. The highest BCUT2D eigenvalue weighted by atomic mass is 19.4. The van der Waals surface area contributed by atoms with E-state index in [1.165, 1.54) is 6.42 Å². The summed E-state index contributed by atoms with van der Waals surface area (Å²) in [7, 11) is 0. The number of carboxylic acids is 1. The number of hydrogen-bond acceptors (Lipinski definition) is 5. The average molecular weight is 465 g/mol. The van der Waals surface area contributed by atoms with Gasteiger partial charge in [0.2, 0.25) is 5.91 Å². The highest BCUT2D eigenvalue weighted by molar-refractivity contribution is 5.83. The maximum Gasteiger partial charge on any atom is 0.490 e. The molecule has 2 heterocycles. The van der Waals surface area contributed by atoms with Crippen LogP contribution in [0, 0.1) is 24.2 Å². The number of aromatic nitrogens is 4. The molecule has 4 saturated carbocycles. The maximum absolute atomic E-state index is 13.3. The highest BCUT2D eigenvalue weighted by Gasteiger charge is 2.61. The Morgan fingerprint density at radius 1 is 1.21 bits per heavy atom. The molecule has 4 aliphatic carbocycles. The van der Waals surface area contributed by atoms with Crippen LogP contribution in [0.1, 0.15) is 49.9 Å². The molecular formula is C22H26F3N5O3. The van der Waals surface area contributed by atoms with Crippen molar-refractivity contribution in [1.82, 2.24) is 25.1 Å². The van der Waals surface area contributed by atoms with E-state index in [0.29, 0.717) is 18.4 Å². The summed E-state index contributed by atoms with van der Waals surface area (Å²) in [6.45, 7) is 2.49. The van der Waals surface area contributed by atoms with E-state index in [1.807, 2.05) is 31.5 Å². The molecule has 4 aliphatic rings. The second-order valence-electron chi connectivity index (χ2n) is 9.56. The van der Waals surface area contributed by atoms with E-state index in [4.69, 9.17) is 9.90 Å². The van der Waals surface area contributed by atoms with Crippen LogP contribution in [-0.4, -0.2) is 42.9 Å². The molecule has 2 aromatic heterocycles. The van der Waals surface area contributed by atoms with Gasteiger partial charge in [0, 0.05) is 5.69 Å². The Bertz CT molecular complexity index is 1010. The first-order chi connectivity index (χ1) is 15.5. The fourth-order valence-electron chi connectivity index (χ4n) is 6.26. The first-order valence-electron chi connectivity index (χ1n) is 10.9. The van der Waals surface area contributed by atoms with Crippen molar-refractivity contribution in [2.45, 2.75) is 63.7 Å². The molecule has 2 atom stereocenters. The summed E-state index contributed by atoms with van der Waals surface area (Å²) < 4.78 is 33.8. The van der Waals surface area contributed by atoms with Crippen LogP contribution in [0.3, 0.4) is 0 Å². The number of aryl methyl sites for hydroxylation is 1. The van der Waals surface area contributed by atoms with Crippen molar-refractivity contribution in [2.75, 3.05) is 0 Å². The Hall–Kier alpha value is -2.98. The summed E-state index contributed by atoms with van der Waals surface area (Å²) in [5, 5.41) is 14.8. The van der Waals surface area contributed by atoms with Crippen molar-refractivity contribution in [2.24, 2.45) is 17.3 Å². The number of amides is 1. The lowest BCUT2D eigenvalue weighted by molar-refractivity contribution is -0.192. The van der Waals surface area contributed by atoms with Crippen LogP contribution < -0.4 is 5.32 Å². The van der Waals surface area contributed by atoms with E-state index in [1.54, 1.807) is 6.33 Å². The molecule has 0 aliphatic heterocycles. The second kappa shape index (κ2) is 8.42. The third-order valence-corrected chi connectivity index (χ3v) is 7.04. The van der Waals surface area contributed by atoms with Gasteiger partial charge < -0.3 is 10.4 Å². The van der Waals surface area contributed by atoms with Gasteiger partial charge in [-0.05, 0) is 69.4 Å². The number of hydrogen-bond donors (Lipinski definition) is 2. The lowest BCUT2D eigenvalue weighted by Gasteiger charge is -2.60. The number of halogens is 3. The topological polar surface area (TPSA) is 110 Å². The number of pyridine rings is 1. The number of alkyl halides is 3. The van der Waals surface area contributed by atoms with Gasteiger partial charge in [0.05, 0.1) is 23.2 Å². The number of rotatable bonds is 4. The van der Waals surface area contributed by atoms with Gasteiger partial charge in [0.1, 0.15) is 12.7 Å². The molecule has 4 fully saturated rings. The molecule has 0 spiro atoms. The Kier molecular flexibility index (Phi) is 5.92. The SMILES string of the molecule is Cc1cccc(CNC(=O)C23CC4CC(C2)CC(n2cncn2)(C4)C3)n1.O=C(O)C(F)(F)F. The summed E-state index contributed by atoms with van der Waals surface area (Å²) in [5.41, 5.74) is 1.64. The van der Waals surface area contributed by atoms with Gasteiger partial charge in [-0.15, -0.1) is 0 Å². The summed E-state index contributed by atoms with van der Waals surface area (Å²) in [6, 6.07) is 5.95. The lowest BCUT2D eigenvalue weighted by Crippen LogP contribution is -2.61. The predicted octanol–water partition coefficient (Wildman–Crippen LogP) is 3.23. The van der Waals surface area contributed by atoms with E-state index >= 15 is 0 Å². The van der Waals surface area contributed by atoms with Crippen LogP contribution in [-0.2, 0) is 21.7 Å². The minimum atomic E-state index is -5.08. The van der Waals surface area contributed by atoms with Gasteiger partial charge in [0.15, 0.2) is 0 Å². The largest absolute Gasteiger partial charge is 0.490 e. The first kappa shape index (κ1) is 23.2. The third-order valence-electron chi connectivity index (χ3n) is 7.04. The minimum Gasteiger partial charge on any atom is -0.475 e. The number of carbonyl (C=O) groups is 2. The van der Waals surface area contributed by atoms with Crippen LogP contribution in [0.5, 0.6) is 0 Å². The Morgan fingerprint density at radius 2 is 1.88 bits per heavy atom. The van der Waals surface area contributed by atoms with Crippen LogP contribution in [0.15, 0.2) is 30.9 Å². The molecule has 1 amide bonds. The molecule has 8 nitrogen and oxygen atoms in total. The van der Waals surface area contributed by atoms with Gasteiger partial charge in [-0.3, -0.25) is 9.78 Å². The molecule has 4 bridgehead atoms. The lowest BCUT2D eigenvalue weighted by atomic mass is 9.46. The second-order valence-corrected chi connectivity index (χ2v) is 9.56. The number of aliphatic carboxylic acids is 1. The van der Waals surface area contributed by atoms with E-state index in [9.17, 15) is 18.0 Å². The van der Waals surface area contributed by atoms with Gasteiger partial charge in [0.25, 0.3) is 0 Å². The molecule has 0 aromatic carbocycles. The molecule has 0 saturated heterocycles. The molecule has 2 unspecified atom stereocenters. The molecule has 2 aromatic rings. The summed E-state index contributed by atoms with van der Waals surface area (Å²) in [4.78, 5) is 30.9. The predicted molar refractivity (Wildman–Crippen MR) is 110 cm³/mol. The summed E-state index contributed by atoms with van der Waals surface area (Å²) >= 11 is 0. The van der Waals surface area contributed by atoms with Crippen LogP contribution in [0.4, 0.5) is 13.2 Å². The fraction of sp³-hybridized carbons (Fsp3) is 0.591. The quantitative estimate of drug-likeness (QED) is 0.718. The minimum absolute atomic E-state index is 0.0144. The zero-order chi connectivity index (χ0) is 23.9. The zero-order valence-corrected chi connectivity index (χ0v) is 18.2. The van der Waals surface area contributed by atoms with Crippen molar-refractivity contribution < 1.29 is 27.9 Å². The summed E-state index contributed by atoms with van der Waals surface area (Å²) in [5.74, 6) is -1.29. The van der Waals surface area contributed by atoms with E-state index in [2.05, 4.69) is 25.1 Å². The van der Waals surface area contributed by atoms with Crippen molar-refractivity contribution in [3.8, 4) is 0 Å². The van der Waals surface area contributed by atoms with Crippen LogP contribution >= 0.6 is 0 Å². The van der Waals surface area contributed by atoms with Gasteiger partial charge in [-0.1, -0.05) is 6.07 Å². The molecule has 0 radical (unpaired) electrons. The number of carbonyl (C=O) groups excluding carboxylic acids is 1. The van der Waals surface area contributed by atoms with Gasteiger partial charge in [-0.25, -0.2) is 14.5 Å². The Morgan fingerprint density at radius 3 is 2.42 bits per heavy atom. The number of carboxylic acid groups (broad SMARTS) is 1. The van der Waals surface area contributed by atoms with Crippen molar-refractivity contribution >= 4 is 11.9 Å². The van der Waals surface area contributed by atoms with E-state index in [0.717, 1.165) is 43.5 Å². The Labute approximate surface area is 188 Å². The van der Waals surface area contributed by atoms with Crippen molar-refractivity contribution in [1.29, 1.82) is 0 Å². The molecule has 6 rings (SSSR count). The van der Waals surface area contributed by atoms with Gasteiger partial charge >= 0.3 is 12.1 Å². The maximum atomic E-state index is 13.3. The third kappa shape index (κ3) is 4.72. The van der Waals surface area contributed by atoms with Gasteiger partial charge in [-0.2, -0.15) is 18.3 Å². The molecule has 2 N–H and O–H groups in total. The number of nitrogens with one attached hydrogen (secondary N) is 1. The average Bonchev–Trinajstić information content (AvgIpc) is 3.27. The van der Waals surface area contributed by atoms with Crippen molar-refractivity contribution in [3.63, 3.8) is 0 Å². The zero-order valence-electron chi connectivity index (χ0n) is 18.2. The standard InChI is InChI=1S/C20H25N5O.C2HF3O2/c1-14-3-2-4-17(24-14)10-22-18(26)19-6-15-5-16(7-19)9-20(8-15,11-19)25-13-21-12-23-25;3-2(4,5)1(6)7/h2-4,12-13,15-16H,5-11H2,1H3,(H,22,26);(H,6,7). The van der Waals surface area contributed by atoms with E-state index in [-0.39, 0.29) is 16.9 Å². The molecule has 178 valence electrons. The Balaban J connectivity index is 0.000000325. The van der Waals surface area contributed by atoms with Crippen molar-refractivity contribution in [3.05, 3.63) is 42.2 Å². The van der Waals surface area contributed by atoms with E-state index < -0.39 is 12.1 Å². The fourth-order valence-corrected chi connectivity index (χ4v) is 6.26. The highest BCUT2D eigenvalue weighted by Crippen LogP contribution is 2.64. The monoisotopic (exact) mass is 465 g/mol. The summed E-state index contributed by atoms with van der Waals surface area (Å²) in [6.07, 6.45) is 4.86. The number of nitrogens with zero attached hydrogens (tertiary/aromatic N) is 4.